The smallest absolute Gasteiger partial charge is 0.243 e. The van der Waals surface area contributed by atoms with Crippen molar-refractivity contribution in [3.63, 3.8) is 0 Å². The number of aromatic nitrogens is 2. The zero-order valence-electron chi connectivity index (χ0n) is 10.8. The van der Waals surface area contributed by atoms with Gasteiger partial charge < -0.3 is 10.6 Å². The van der Waals surface area contributed by atoms with Crippen LogP contribution in [-0.4, -0.2) is 28.5 Å². The highest BCUT2D eigenvalue weighted by Crippen LogP contribution is 2.31. The second kappa shape index (κ2) is 5.85. The monoisotopic (exact) mass is 390 g/mol. The standard InChI is InChI=1S/C12H16Br2N4O/c1-12(2)4-3-5-15-8(12)11(19)18-10-9(14)17-7(13)6-16-10/h6,8,15H,3-5H2,1-2H3,(H,16,18,19). The molecule has 1 aliphatic heterocycles. The van der Waals surface area contributed by atoms with Crippen LogP contribution < -0.4 is 10.6 Å². The number of carbonyl (C=O) groups excluding carboxylic acids is 1. The Morgan fingerprint density at radius 2 is 2.26 bits per heavy atom. The highest BCUT2D eigenvalue weighted by atomic mass is 79.9. The van der Waals surface area contributed by atoms with Crippen LogP contribution in [0.3, 0.4) is 0 Å². The first-order valence-corrected chi connectivity index (χ1v) is 7.71. The van der Waals surface area contributed by atoms with E-state index < -0.39 is 0 Å². The van der Waals surface area contributed by atoms with Crippen molar-refractivity contribution in [2.45, 2.75) is 32.7 Å². The molecule has 1 fully saturated rings. The highest BCUT2D eigenvalue weighted by Gasteiger charge is 2.37. The highest BCUT2D eigenvalue weighted by molar-refractivity contribution is 9.11. The lowest BCUT2D eigenvalue weighted by atomic mass is 9.77. The van der Waals surface area contributed by atoms with Crippen molar-refractivity contribution in [1.82, 2.24) is 15.3 Å². The van der Waals surface area contributed by atoms with E-state index in [-0.39, 0.29) is 17.4 Å². The molecule has 0 aliphatic carbocycles. The lowest BCUT2D eigenvalue weighted by Gasteiger charge is -2.38. The molecule has 0 aromatic carbocycles. The van der Waals surface area contributed by atoms with E-state index >= 15 is 0 Å². The van der Waals surface area contributed by atoms with E-state index in [0.717, 1.165) is 19.4 Å². The fourth-order valence-electron chi connectivity index (χ4n) is 2.28. The zero-order valence-corrected chi connectivity index (χ0v) is 14.0. The Bertz CT molecular complexity index is 493. The predicted octanol–water partition coefficient (Wildman–Crippen LogP) is 2.72. The van der Waals surface area contributed by atoms with Gasteiger partial charge in [0, 0.05) is 0 Å². The number of halogens is 2. The third-order valence-corrected chi connectivity index (χ3v) is 4.27. The molecule has 0 radical (unpaired) electrons. The minimum Gasteiger partial charge on any atom is -0.307 e. The first-order chi connectivity index (χ1) is 8.90. The fourth-order valence-corrected chi connectivity index (χ4v) is 3.19. The molecule has 0 spiro atoms. The average molecular weight is 392 g/mol. The van der Waals surface area contributed by atoms with Crippen molar-refractivity contribution < 1.29 is 4.79 Å². The Balaban J connectivity index is 2.12. The number of rotatable bonds is 2. The van der Waals surface area contributed by atoms with Crippen LogP contribution in [0.2, 0.25) is 0 Å². The van der Waals surface area contributed by atoms with Crippen LogP contribution in [0, 0.1) is 5.41 Å². The molecule has 1 saturated heterocycles. The van der Waals surface area contributed by atoms with Gasteiger partial charge in [-0.2, -0.15) is 0 Å². The van der Waals surface area contributed by atoms with Gasteiger partial charge in [-0.15, -0.1) is 0 Å². The summed E-state index contributed by atoms with van der Waals surface area (Å²) < 4.78 is 1.14. The van der Waals surface area contributed by atoms with Crippen molar-refractivity contribution in [1.29, 1.82) is 0 Å². The van der Waals surface area contributed by atoms with Gasteiger partial charge in [-0.25, -0.2) is 9.97 Å². The van der Waals surface area contributed by atoms with Crippen molar-refractivity contribution in [3.05, 3.63) is 15.4 Å². The molecule has 1 aromatic heterocycles. The number of nitrogens with one attached hydrogen (secondary N) is 2. The molecule has 2 rings (SSSR count). The van der Waals surface area contributed by atoms with Crippen LogP contribution in [0.15, 0.2) is 15.4 Å². The molecule has 2 heterocycles. The third kappa shape index (κ3) is 3.52. The number of nitrogens with zero attached hydrogens (tertiary/aromatic N) is 2. The molecule has 1 atom stereocenters. The van der Waals surface area contributed by atoms with Crippen molar-refractivity contribution in [3.8, 4) is 0 Å². The van der Waals surface area contributed by atoms with Gasteiger partial charge in [0.1, 0.15) is 9.21 Å². The molecule has 19 heavy (non-hydrogen) atoms. The van der Waals surface area contributed by atoms with Crippen molar-refractivity contribution in [2.75, 3.05) is 11.9 Å². The summed E-state index contributed by atoms with van der Waals surface area (Å²) in [4.78, 5) is 20.6. The van der Waals surface area contributed by atoms with Gasteiger partial charge in [-0.1, -0.05) is 13.8 Å². The Morgan fingerprint density at radius 1 is 1.53 bits per heavy atom. The molecule has 2 N–H and O–H groups in total. The minimum absolute atomic E-state index is 0.0579. The molecular formula is C12H16Br2N4O. The molecular weight excluding hydrogens is 376 g/mol. The van der Waals surface area contributed by atoms with E-state index in [0.29, 0.717) is 15.0 Å². The summed E-state index contributed by atoms with van der Waals surface area (Å²) in [6, 6.07) is -0.210. The fraction of sp³-hybridized carbons (Fsp3) is 0.583. The topological polar surface area (TPSA) is 66.9 Å². The lowest BCUT2D eigenvalue weighted by Crippen LogP contribution is -2.53. The number of hydrogen-bond donors (Lipinski definition) is 2. The lowest BCUT2D eigenvalue weighted by molar-refractivity contribution is -0.121. The molecule has 5 nitrogen and oxygen atoms in total. The van der Waals surface area contributed by atoms with E-state index in [2.05, 4.69) is 66.3 Å². The van der Waals surface area contributed by atoms with Crippen LogP contribution in [0.1, 0.15) is 26.7 Å². The van der Waals surface area contributed by atoms with Crippen LogP contribution in [-0.2, 0) is 4.79 Å². The molecule has 1 amide bonds. The number of hydrogen-bond acceptors (Lipinski definition) is 4. The summed E-state index contributed by atoms with van der Waals surface area (Å²) >= 11 is 6.52. The maximum Gasteiger partial charge on any atom is 0.243 e. The summed E-state index contributed by atoms with van der Waals surface area (Å²) in [5.41, 5.74) is -0.0579. The molecule has 7 heteroatoms. The van der Waals surface area contributed by atoms with E-state index in [4.69, 9.17) is 0 Å². The summed E-state index contributed by atoms with van der Waals surface area (Å²) in [5.74, 6) is 0.374. The largest absolute Gasteiger partial charge is 0.307 e. The van der Waals surface area contributed by atoms with E-state index in [1.54, 1.807) is 6.20 Å². The Hall–Kier alpha value is -0.530. The number of carbonyl (C=O) groups is 1. The van der Waals surface area contributed by atoms with E-state index in [1.165, 1.54) is 0 Å². The maximum absolute atomic E-state index is 12.3. The average Bonchev–Trinajstić information content (AvgIpc) is 2.32. The summed E-state index contributed by atoms with van der Waals surface area (Å²) in [7, 11) is 0. The van der Waals surface area contributed by atoms with Gasteiger partial charge in [0.05, 0.1) is 12.2 Å². The first kappa shape index (κ1) is 14.9. The maximum atomic E-state index is 12.3. The second-order valence-electron chi connectivity index (χ2n) is 5.30. The molecule has 1 aromatic rings. The number of amides is 1. The normalized spacial score (nSPS) is 22.0. The van der Waals surface area contributed by atoms with Gasteiger partial charge >= 0.3 is 0 Å². The predicted molar refractivity (Wildman–Crippen MR) is 80.9 cm³/mol. The van der Waals surface area contributed by atoms with E-state index in [9.17, 15) is 4.79 Å². The van der Waals surface area contributed by atoms with Crippen molar-refractivity contribution >= 4 is 43.6 Å². The molecule has 0 saturated carbocycles. The second-order valence-corrected chi connectivity index (χ2v) is 6.86. The van der Waals surface area contributed by atoms with Gasteiger partial charge in [0.15, 0.2) is 5.82 Å². The molecule has 1 unspecified atom stereocenters. The van der Waals surface area contributed by atoms with Gasteiger partial charge in [0.25, 0.3) is 0 Å². The van der Waals surface area contributed by atoms with Gasteiger partial charge in [0.2, 0.25) is 5.91 Å². The van der Waals surface area contributed by atoms with E-state index in [1.807, 2.05) is 0 Å². The van der Waals surface area contributed by atoms with Crippen LogP contribution in [0.25, 0.3) is 0 Å². The van der Waals surface area contributed by atoms with Gasteiger partial charge in [-0.3, -0.25) is 4.79 Å². The molecule has 1 aliphatic rings. The zero-order chi connectivity index (χ0) is 14.0. The van der Waals surface area contributed by atoms with Crippen molar-refractivity contribution in [2.24, 2.45) is 5.41 Å². The van der Waals surface area contributed by atoms with Crippen LogP contribution in [0.4, 0.5) is 5.82 Å². The Labute approximate surface area is 129 Å². The summed E-state index contributed by atoms with van der Waals surface area (Å²) in [6.45, 7) is 5.08. The minimum atomic E-state index is -0.210. The number of piperidine rings is 1. The molecule has 104 valence electrons. The number of anilines is 1. The Kier molecular flexibility index (Phi) is 4.58. The Morgan fingerprint density at radius 3 is 2.89 bits per heavy atom. The molecule has 0 bridgehead atoms. The van der Waals surface area contributed by atoms with Gasteiger partial charge in [-0.05, 0) is 56.7 Å². The first-order valence-electron chi connectivity index (χ1n) is 6.12. The summed E-state index contributed by atoms with van der Waals surface area (Å²) in [5, 5.41) is 6.10. The van der Waals surface area contributed by atoms with Crippen LogP contribution >= 0.6 is 31.9 Å². The van der Waals surface area contributed by atoms with Crippen LogP contribution in [0.5, 0.6) is 0 Å². The quantitative estimate of drug-likeness (QED) is 0.813. The summed E-state index contributed by atoms with van der Waals surface area (Å²) in [6.07, 6.45) is 3.68. The SMILES string of the molecule is CC1(C)CCCNC1C(=O)Nc1ncc(Br)nc1Br. The third-order valence-electron chi connectivity index (χ3n) is 3.33.